The Kier molecular flexibility index (Phi) is 4.27. The molecule has 1 aromatic heterocycles. The number of carbonyl (C=O) groups is 1. The van der Waals surface area contributed by atoms with E-state index >= 15 is 0 Å². The van der Waals surface area contributed by atoms with E-state index in [1.807, 2.05) is 0 Å². The number of hydrogen-bond donors (Lipinski definition) is 2. The first-order valence-corrected chi connectivity index (χ1v) is 8.11. The number of benzene rings is 2. The zero-order valence-corrected chi connectivity index (χ0v) is 14.7. The summed E-state index contributed by atoms with van der Waals surface area (Å²) in [6.07, 6.45) is 0. The topological polar surface area (TPSA) is 62.5 Å². The van der Waals surface area contributed by atoms with Gasteiger partial charge in [-0.25, -0.2) is 4.79 Å². The highest BCUT2D eigenvalue weighted by molar-refractivity contribution is 9.10. The van der Waals surface area contributed by atoms with Crippen LogP contribution < -0.4 is 0 Å². The molecule has 0 bridgehead atoms. The van der Waals surface area contributed by atoms with Crippen LogP contribution >= 0.6 is 39.1 Å². The third-order valence-electron chi connectivity index (χ3n) is 3.54. The zero-order valence-electron chi connectivity index (χ0n) is 11.6. The molecule has 3 rings (SSSR count). The number of halogens is 3. The molecule has 0 fully saturated rings. The van der Waals surface area contributed by atoms with Gasteiger partial charge in [0.25, 0.3) is 0 Å². The Hall–Kier alpha value is -1.69. The van der Waals surface area contributed by atoms with Gasteiger partial charge in [0.05, 0.1) is 20.0 Å². The van der Waals surface area contributed by atoms with Crippen LogP contribution in [0.1, 0.15) is 16.1 Å². The molecule has 0 unspecified atom stereocenters. The van der Waals surface area contributed by atoms with E-state index in [0.29, 0.717) is 32.0 Å². The number of nitrogens with zero attached hydrogens (tertiary/aromatic N) is 1. The van der Waals surface area contributed by atoms with Gasteiger partial charge in [0, 0.05) is 11.9 Å². The van der Waals surface area contributed by atoms with Crippen LogP contribution in [0.3, 0.4) is 0 Å². The van der Waals surface area contributed by atoms with E-state index in [9.17, 15) is 15.0 Å². The molecule has 0 aliphatic rings. The van der Waals surface area contributed by atoms with Crippen molar-refractivity contribution in [1.82, 2.24) is 4.57 Å². The molecule has 2 N–H and O–H groups in total. The van der Waals surface area contributed by atoms with Crippen LogP contribution in [0.25, 0.3) is 10.9 Å². The highest BCUT2D eigenvalue weighted by Crippen LogP contribution is 2.35. The number of aromatic carboxylic acids is 1. The second kappa shape index (κ2) is 6.07. The van der Waals surface area contributed by atoms with Gasteiger partial charge >= 0.3 is 5.97 Å². The molecule has 0 saturated carbocycles. The number of aromatic hydroxyl groups is 1. The van der Waals surface area contributed by atoms with Crippen molar-refractivity contribution in [2.45, 2.75) is 6.54 Å². The molecule has 118 valence electrons. The Balaban J connectivity index is 2.18. The molecule has 7 heteroatoms. The van der Waals surface area contributed by atoms with Crippen LogP contribution in [0, 0.1) is 0 Å². The summed E-state index contributed by atoms with van der Waals surface area (Å²) in [7, 11) is 0. The first kappa shape index (κ1) is 16.2. The van der Waals surface area contributed by atoms with E-state index in [-0.39, 0.29) is 11.4 Å². The van der Waals surface area contributed by atoms with Crippen LogP contribution in [0.4, 0.5) is 0 Å². The Labute approximate surface area is 150 Å². The number of aromatic nitrogens is 1. The van der Waals surface area contributed by atoms with Gasteiger partial charge in [-0.3, -0.25) is 0 Å². The van der Waals surface area contributed by atoms with Gasteiger partial charge in [-0.1, -0.05) is 29.3 Å². The minimum Gasteiger partial charge on any atom is -0.507 e. The highest BCUT2D eigenvalue weighted by atomic mass is 79.9. The Morgan fingerprint density at radius 1 is 1.13 bits per heavy atom. The van der Waals surface area contributed by atoms with Gasteiger partial charge in [0.15, 0.2) is 0 Å². The fraction of sp³-hybridized carbons (Fsp3) is 0.0625. The van der Waals surface area contributed by atoms with Crippen LogP contribution in [-0.2, 0) is 6.54 Å². The molecule has 0 atom stereocenters. The molecule has 23 heavy (non-hydrogen) atoms. The molecule has 0 aliphatic heterocycles. The molecule has 1 heterocycles. The normalized spacial score (nSPS) is 11.1. The number of fused-ring (bicyclic) bond motifs is 1. The van der Waals surface area contributed by atoms with Crippen molar-refractivity contribution in [2.24, 2.45) is 0 Å². The van der Waals surface area contributed by atoms with Crippen LogP contribution in [-0.4, -0.2) is 20.7 Å². The molecule has 2 aromatic carbocycles. The van der Waals surface area contributed by atoms with E-state index in [4.69, 9.17) is 23.2 Å². The lowest BCUT2D eigenvalue weighted by atomic mass is 10.2. The summed E-state index contributed by atoms with van der Waals surface area (Å²) in [5.41, 5.74) is 1.64. The van der Waals surface area contributed by atoms with Gasteiger partial charge < -0.3 is 14.8 Å². The van der Waals surface area contributed by atoms with Gasteiger partial charge in [0.2, 0.25) is 0 Å². The summed E-state index contributed by atoms with van der Waals surface area (Å²) >= 11 is 15.2. The third kappa shape index (κ3) is 2.92. The van der Waals surface area contributed by atoms with Crippen molar-refractivity contribution in [3.8, 4) is 5.75 Å². The maximum absolute atomic E-state index is 11.6. The standard InChI is InChI=1S/C16H10BrCl2NO3/c17-15-9-6-13(16(22)23)20(12(9)3-4-14(15)21)7-8-1-2-10(18)11(19)5-8/h1-6,21H,7H2,(H,22,23). The predicted octanol–water partition coefficient (Wildman–Crippen LogP) is 5.16. The first-order chi connectivity index (χ1) is 10.9. The van der Waals surface area contributed by atoms with Gasteiger partial charge in [-0.2, -0.15) is 0 Å². The minimum atomic E-state index is -1.05. The van der Waals surface area contributed by atoms with Crippen LogP contribution in [0.15, 0.2) is 40.9 Å². The van der Waals surface area contributed by atoms with Crippen molar-refractivity contribution < 1.29 is 15.0 Å². The number of carboxylic acids is 1. The number of hydrogen-bond acceptors (Lipinski definition) is 2. The first-order valence-electron chi connectivity index (χ1n) is 6.56. The molecule has 4 nitrogen and oxygen atoms in total. The molecule has 0 radical (unpaired) electrons. The van der Waals surface area contributed by atoms with Crippen LogP contribution in [0.5, 0.6) is 5.75 Å². The van der Waals surface area contributed by atoms with Crippen molar-refractivity contribution in [3.05, 3.63) is 62.2 Å². The Morgan fingerprint density at radius 3 is 2.52 bits per heavy atom. The number of carboxylic acid groups (broad SMARTS) is 1. The van der Waals surface area contributed by atoms with Gasteiger partial charge in [0.1, 0.15) is 11.4 Å². The summed E-state index contributed by atoms with van der Waals surface area (Å²) in [6, 6.07) is 9.90. The summed E-state index contributed by atoms with van der Waals surface area (Å²) in [5.74, 6) is -0.992. The molecule has 0 saturated heterocycles. The predicted molar refractivity (Wildman–Crippen MR) is 93.8 cm³/mol. The molecule has 0 amide bonds. The van der Waals surface area contributed by atoms with E-state index in [1.165, 1.54) is 12.1 Å². The van der Waals surface area contributed by atoms with Crippen molar-refractivity contribution in [3.63, 3.8) is 0 Å². The van der Waals surface area contributed by atoms with E-state index < -0.39 is 5.97 Å². The van der Waals surface area contributed by atoms with E-state index in [0.717, 1.165) is 5.56 Å². The quantitative estimate of drug-likeness (QED) is 0.621. The summed E-state index contributed by atoms with van der Waals surface area (Å²) in [4.78, 5) is 11.6. The lowest BCUT2D eigenvalue weighted by Gasteiger charge is -2.10. The number of phenolic OH excluding ortho intramolecular Hbond substituents is 1. The van der Waals surface area contributed by atoms with E-state index in [1.54, 1.807) is 28.8 Å². The van der Waals surface area contributed by atoms with Gasteiger partial charge in [-0.05, 0) is 51.8 Å². The molecule has 0 spiro atoms. The summed E-state index contributed by atoms with van der Waals surface area (Å²) in [5, 5.41) is 20.7. The van der Waals surface area contributed by atoms with Gasteiger partial charge in [-0.15, -0.1) is 0 Å². The Morgan fingerprint density at radius 2 is 1.87 bits per heavy atom. The second-order valence-corrected chi connectivity index (χ2v) is 6.61. The number of rotatable bonds is 3. The smallest absolute Gasteiger partial charge is 0.352 e. The molecule has 0 aliphatic carbocycles. The average Bonchev–Trinajstić information content (AvgIpc) is 2.86. The maximum atomic E-state index is 11.6. The molecular formula is C16H10BrCl2NO3. The molecule has 3 aromatic rings. The second-order valence-electron chi connectivity index (χ2n) is 5.00. The highest BCUT2D eigenvalue weighted by Gasteiger charge is 2.18. The lowest BCUT2D eigenvalue weighted by Crippen LogP contribution is -2.09. The fourth-order valence-electron chi connectivity index (χ4n) is 2.46. The van der Waals surface area contributed by atoms with Crippen molar-refractivity contribution in [1.29, 1.82) is 0 Å². The average molecular weight is 415 g/mol. The molecular weight excluding hydrogens is 405 g/mol. The largest absolute Gasteiger partial charge is 0.507 e. The minimum absolute atomic E-state index is 0.0566. The summed E-state index contributed by atoms with van der Waals surface area (Å²) in [6.45, 7) is 0.319. The maximum Gasteiger partial charge on any atom is 0.352 e. The number of phenols is 1. The van der Waals surface area contributed by atoms with Crippen molar-refractivity contribution in [2.75, 3.05) is 0 Å². The lowest BCUT2D eigenvalue weighted by molar-refractivity contribution is 0.0686. The monoisotopic (exact) mass is 413 g/mol. The zero-order chi connectivity index (χ0) is 16.7. The Bertz CT molecular complexity index is 937. The summed E-state index contributed by atoms with van der Waals surface area (Å²) < 4.78 is 2.12. The fourth-order valence-corrected chi connectivity index (χ4v) is 3.23. The SMILES string of the molecule is O=C(O)c1cc2c(Br)c(O)ccc2n1Cc1ccc(Cl)c(Cl)c1. The van der Waals surface area contributed by atoms with Crippen molar-refractivity contribution >= 4 is 56.0 Å². The third-order valence-corrected chi connectivity index (χ3v) is 5.12. The van der Waals surface area contributed by atoms with E-state index in [2.05, 4.69) is 15.9 Å². The van der Waals surface area contributed by atoms with Crippen LogP contribution in [0.2, 0.25) is 10.0 Å².